The van der Waals surface area contributed by atoms with Gasteiger partial charge in [-0.3, -0.25) is 4.68 Å². The molecule has 4 nitrogen and oxygen atoms in total. The quantitative estimate of drug-likeness (QED) is 0.768. The van der Waals surface area contributed by atoms with Gasteiger partial charge in [0.05, 0.1) is 0 Å². The molecule has 0 aromatic carbocycles. The summed E-state index contributed by atoms with van der Waals surface area (Å²) in [5.41, 5.74) is 0. The molecule has 0 aliphatic rings. The Balaban J connectivity index is 2.28. The number of halogens is 1. The van der Waals surface area contributed by atoms with Gasteiger partial charge < -0.3 is 0 Å². The minimum Gasteiger partial charge on any atom is -0.263 e. The zero-order valence-corrected chi connectivity index (χ0v) is 8.46. The van der Waals surface area contributed by atoms with Gasteiger partial charge in [-0.05, 0) is 24.6 Å². The monoisotopic (exact) mass is 214 g/mol. The fraction of sp³-hybridized carbons (Fsp3) is 0.286. The predicted molar refractivity (Wildman–Crippen MR) is 51.0 cm³/mol. The van der Waals surface area contributed by atoms with E-state index < -0.39 is 0 Å². The van der Waals surface area contributed by atoms with Crippen LogP contribution in [0.3, 0.4) is 0 Å². The molecule has 2 heterocycles. The largest absolute Gasteiger partial charge is 0.263 e. The number of aromatic nitrogens is 4. The Labute approximate surface area is 84.2 Å². The van der Waals surface area contributed by atoms with Crippen LogP contribution in [0.15, 0.2) is 18.5 Å². The summed E-state index contributed by atoms with van der Waals surface area (Å²) in [6.07, 6.45) is 3.62. The SMILES string of the molecule is CC(c1nnc(Cl)s1)n1cccn1. The summed E-state index contributed by atoms with van der Waals surface area (Å²) in [4.78, 5) is 0. The Kier molecular flexibility index (Phi) is 2.28. The van der Waals surface area contributed by atoms with Crippen LogP contribution in [0.5, 0.6) is 0 Å². The predicted octanol–water partition coefficient (Wildman–Crippen LogP) is 2.00. The molecule has 6 heteroatoms. The topological polar surface area (TPSA) is 43.6 Å². The average molecular weight is 215 g/mol. The van der Waals surface area contributed by atoms with E-state index in [0.717, 1.165) is 5.01 Å². The van der Waals surface area contributed by atoms with Crippen LogP contribution in [0.25, 0.3) is 0 Å². The maximum Gasteiger partial charge on any atom is 0.207 e. The van der Waals surface area contributed by atoms with E-state index in [1.54, 1.807) is 6.20 Å². The molecule has 0 N–H and O–H groups in total. The lowest BCUT2D eigenvalue weighted by Gasteiger charge is -2.06. The second-order valence-electron chi connectivity index (χ2n) is 2.56. The zero-order chi connectivity index (χ0) is 9.26. The van der Waals surface area contributed by atoms with Gasteiger partial charge in [-0.1, -0.05) is 11.3 Å². The van der Waals surface area contributed by atoms with E-state index in [2.05, 4.69) is 15.3 Å². The fourth-order valence-corrected chi connectivity index (χ4v) is 1.90. The molecular weight excluding hydrogens is 208 g/mol. The highest BCUT2D eigenvalue weighted by molar-refractivity contribution is 7.15. The van der Waals surface area contributed by atoms with Crippen molar-refractivity contribution in [2.24, 2.45) is 0 Å². The van der Waals surface area contributed by atoms with Crippen molar-refractivity contribution in [3.05, 3.63) is 27.9 Å². The number of hydrogen-bond donors (Lipinski definition) is 0. The number of rotatable bonds is 2. The van der Waals surface area contributed by atoms with E-state index in [4.69, 9.17) is 11.6 Å². The van der Waals surface area contributed by atoms with Crippen molar-refractivity contribution in [3.63, 3.8) is 0 Å². The van der Waals surface area contributed by atoms with E-state index in [1.807, 2.05) is 23.9 Å². The molecule has 0 amide bonds. The van der Waals surface area contributed by atoms with Gasteiger partial charge in [0.2, 0.25) is 4.47 Å². The maximum absolute atomic E-state index is 5.68. The lowest BCUT2D eigenvalue weighted by molar-refractivity contribution is 0.557. The molecule has 0 aliphatic carbocycles. The molecule has 68 valence electrons. The summed E-state index contributed by atoms with van der Waals surface area (Å²) < 4.78 is 2.28. The summed E-state index contributed by atoms with van der Waals surface area (Å²) in [6.45, 7) is 2.00. The molecule has 0 fully saturated rings. The van der Waals surface area contributed by atoms with E-state index in [1.165, 1.54) is 11.3 Å². The highest BCUT2D eigenvalue weighted by Crippen LogP contribution is 2.23. The number of hydrogen-bond acceptors (Lipinski definition) is 4. The van der Waals surface area contributed by atoms with Crippen molar-refractivity contribution in [1.29, 1.82) is 0 Å². The molecule has 0 saturated heterocycles. The summed E-state index contributed by atoms with van der Waals surface area (Å²) >= 11 is 7.06. The van der Waals surface area contributed by atoms with E-state index >= 15 is 0 Å². The summed E-state index contributed by atoms with van der Waals surface area (Å²) in [5.74, 6) is 0. The summed E-state index contributed by atoms with van der Waals surface area (Å²) in [6, 6.07) is 1.97. The van der Waals surface area contributed by atoms with Gasteiger partial charge in [0, 0.05) is 12.4 Å². The van der Waals surface area contributed by atoms with Crippen molar-refractivity contribution >= 4 is 22.9 Å². The van der Waals surface area contributed by atoms with Crippen molar-refractivity contribution in [2.75, 3.05) is 0 Å². The molecular formula is C7H7ClN4S. The minimum atomic E-state index is 0.0972. The standard InChI is InChI=1S/C7H7ClN4S/c1-5(12-4-2-3-9-12)6-10-11-7(8)13-6/h2-5H,1H3. The Morgan fingerprint density at radius 2 is 2.38 bits per heavy atom. The van der Waals surface area contributed by atoms with E-state index in [0.29, 0.717) is 4.47 Å². The first kappa shape index (κ1) is 8.65. The second kappa shape index (κ2) is 3.43. The molecule has 0 radical (unpaired) electrons. The molecule has 0 saturated carbocycles. The van der Waals surface area contributed by atoms with Crippen LogP contribution in [0.4, 0.5) is 0 Å². The van der Waals surface area contributed by atoms with Crippen LogP contribution in [-0.2, 0) is 0 Å². The lowest BCUT2D eigenvalue weighted by atomic mass is 10.4. The molecule has 0 aliphatic heterocycles. The van der Waals surface area contributed by atoms with Crippen LogP contribution in [-0.4, -0.2) is 20.0 Å². The second-order valence-corrected chi connectivity index (χ2v) is 4.15. The zero-order valence-electron chi connectivity index (χ0n) is 6.88. The maximum atomic E-state index is 5.68. The Hall–Kier alpha value is -0.940. The molecule has 1 atom stereocenters. The first-order chi connectivity index (χ1) is 6.27. The summed E-state index contributed by atoms with van der Waals surface area (Å²) in [5, 5.41) is 12.7. The van der Waals surface area contributed by atoms with Gasteiger partial charge in [0.1, 0.15) is 11.0 Å². The third-order valence-electron chi connectivity index (χ3n) is 1.70. The fourth-order valence-electron chi connectivity index (χ4n) is 1.01. The highest BCUT2D eigenvalue weighted by Gasteiger charge is 2.12. The number of nitrogens with zero attached hydrogens (tertiary/aromatic N) is 4. The third kappa shape index (κ3) is 1.71. The lowest BCUT2D eigenvalue weighted by Crippen LogP contribution is -2.06. The van der Waals surface area contributed by atoms with Gasteiger partial charge in [0.15, 0.2) is 0 Å². The average Bonchev–Trinajstić information content (AvgIpc) is 2.72. The van der Waals surface area contributed by atoms with Gasteiger partial charge in [-0.25, -0.2) is 0 Å². The first-order valence-corrected chi connectivity index (χ1v) is 4.95. The Morgan fingerprint density at radius 3 is 2.92 bits per heavy atom. The highest BCUT2D eigenvalue weighted by atomic mass is 35.5. The van der Waals surface area contributed by atoms with Crippen LogP contribution < -0.4 is 0 Å². The van der Waals surface area contributed by atoms with Gasteiger partial charge in [-0.15, -0.1) is 10.2 Å². The van der Waals surface area contributed by atoms with E-state index in [-0.39, 0.29) is 6.04 Å². The van der Waals surface area contributed by atoms with Crippen molar-refractivity contribution in [1.82, 2.24) is 20.0 Å². The minimum absolute atomic E-state index is 0.0972. The van der Waals surface area contributed by atoms with Crippen molar-refractivity contribution in [3.8, 4) is 0 Å². The molecule has 2 aromatic rings. The molecule has 0 spiro atoms. The molecule has 2 aromatic heterocycles. The van der Waals surface area contributed by atoms with Crippen LogP contribution in [0.2, 0.25) is 4.47 Å². The van der Waals surface area contributed by atoms with Gasteiger partial charge in [-0.2, -0.15) is 5.10 Å². The van der Waals surface area contributed by atoms with Crippen LogP contribution >= 0.6 is 22.9 Å². The van der Waals surface area contributed by atoms with Crippen molar-refractivity contribution in [2.45, 2.75) is 13.0 Å². The van der Waals surface area contributed by atoms with Gasteiger partial charge in [0.25, 0.3) is 0 Å². The third-order valence-corrected chi connectivity index (χ3v) is 2.88. The first-order valence-electron chi connectivity index (χ1n) is 3.75. The Bertz CT molecular complexity index is 383. The van der Waals surface area contributed by atoms with Gasteiger partial charge >= 0.3 is 0 Å². The molecule has 13 heavy (non-hydrogen) atoms. The molecule has 2 rings (SSSR count). The summed E-state index contributed by atoms with van der Waals surface area (Å²) in [7, 11) is 0. The van der Waals surface area contributed by atoms with E-state index in [9.17, 15) is 0 Å². The van der Waals surface area contributed by atoms with Crippen LogP contribution in [0.1, 0.15) is 18.0 Å². The van der Waals surface area contributed by atoms with Crippen molar-refractivity contribution < 1.29 is 0 Å². The normalized spacial score (nSPS) is 13.1. The molecule has 1 unspecified atom stereocenters. The molecule has 0 bridgehead atoms. The van der Waals surface area contributed by atoms with Crippen LogP contribution in [0, 0.1) is 0 Å². The Morgan fingerprint density at radius 1 is 1.54 bits per heavy atom. The smallest absolute Gasteiger partial charge is 0.207 e.